The number of hydrogen-bond acceptors (Lipinski definition) is 5. The van der Waals surface area contributed by atoms with Crippen molar-refractivity contribution in [3.8, 4) is 5.75 Å². The average molecular weight is 467 g/mol. The fourth-order valence-corrected chi connectivity index (χ4v) is 5.47. The number of halogens is 1. The van der Waals surface area contributed by atoms with Gasteiger partial charge in [-0.1, -0.05) is 0 Å². The molecular formula is C22H23AsFN5O. The van der Waals surface area contributed by atoms with Crippen molar-refractivity contribution in [1.82, 2.24) is 19.5 Å². The number of hydrogen-bond donors (Lipinski definition) is 1. The van der Waals surface area contributed by atoms with E-state index in [0.29, 0.717) is 11.6 Å². The summed E-state index contributed by atoms with van der Waals surface area (Å²) in [6.45, 7) is 4.17. The van der Waals surface area contributed by atoms with Crippen LogP contribution in [0.3, 0.4) is 0 Å². The third-order valence-corrected chi connectivity index (χ3v) is 7.38. The van der Waals surface area contributed by atoms with Gasteiger partial charge in [-0.25, -0.2) is 0 Å². The van der Waals surface area contributed by atoms with Crippen molar-refractivity contribution < 1.29 is 9.13 Å². The molecule has 0 fully saturated rings. The van der Waals surface area contributed by atoms with Crippen LogP contribution in [0.25, 0.3) is 11.2 Å². The minimum atomic E-state index is -0.636. The molecule has 0 aliphatic heterocycles. The number of ether oxygens (including phenoxy) is 1. The van der Waals surface area contributed by atoms with Crippen LogP contribution in [0.5, 0.6) is 5.75 Å². The maximum absolute atomic E-state index is 14.1. The number of imidazole rings is 1. The molecule has 1 N–H and O–H groups in total. The molecule has 30 heavy (non-hydrogen) atoms. The van der Waals surface area contributed by atoms with Crippen molar-refractivity contribution >= 4 is 43.0 Å². The van der Waals surface area contributed by atoms with Crippen molar-refractivity contribution in [2.45, 2.75) is 25.1 Å². The number of fused-ring (bicyclic) bond motifs is 1. The quantitative estimate of drug-likeness (QED) is 0.421. The van der Waals surface area contributed by atoms with Gasteiger partial charge in [-0.05, 0) is 0 Å². The van der Waals surface area contributed by atoms with E-state index >= 15 is 0 Å². The Balaban J connectivity index is 1.68. The van der Waals surface area contributed by atoms with Crippen molar-refractivity contribution in [3.05, 3.63) is 66.2 Å². The Kier molecular flexibility index (Phi) is 6.00. The number of benzene rings is 2. The molecule has 4 aromatic rings. The standard InChI is InChI=1S/C22H23AsFN5O/c1-14(2)29-13-25-19-20(23-12-15-8-10-16(30-3)11-9-15)27-22(28-21(19)29)26-18-7-5-4-6-17(18)24/h4-11,13-14,23H,12H2,1-3H3,(H,26,27,28). The molecular weight excluding hydrogens is 444 g/mol. The van der Waals surface area contributed by atoms with Crippen LogP contribution in [-0.4, -0.2) is 42.4 Å². The number of rotatable bonds is 7. The molecule has 0 bridgehead atoms. The molecule has 6 nitrogen and oxygen atoms in total. The number of anilines is 2. The molecule has 154 valence electrons. The number of nitrogens with one attached hydrogen (secondary N) is 1. The first-order valence-electron chi connectivity index (χ1n) is 9.68. The van der Waals surface area contributed by atoms with Gasteiger partial charge in [0.25, 0.3) is 0 Å². The van der Waals surface area contributed by atoms with Gasteiger partial charge >= 0.3 is 181 Å². The molecule has 0 saturated heterocycles. The van der Waals surface area contributed by atoms with E-state index in [1.54, 1.807) is 31.6 Å². The number of para-hydroxylation sites is 1. The molecule has 0 radical (unpaired) electrons. The van der Waals surface area contributed by atoms with Crippen LogP contribution in [0.1, 0.15) is 25.5 Å². The Morgan fingerprint density at radius 1 is 1.10 bits per heavy atom. The van der Waals surface area contributed by atoms with Gasteiger partial charge in [-0.3, -0.25) is 0 Å². The van der Waals surface area contributed by atoms with Crippen LogP contribution in [0.4, 0.5) is 16.0 Å². The molecule has 0 amide bonds. The van der Waals surface area contributed by atoms with Gasteiger partial charge in [0.15, 0.2) is 0 Å². The van der Waals surface area contributed by atoms with E-state index in [-0.39, 0.29) is 11.9 Å². The summed E-state index contributed by atoms with van der Waals surface area (Å²) in [6, 6.07) is 14.8. The van der Waals surface area contributed by atoms with Crippen LogP contribution in [0.15, 0.2) is 54.9 Å². The van der Waals surface area contributed by atoms with E-state index in [9.17, 15) is 4.39 Å². The third-order valence-electron chi connectivity index (χ3n) is 4.72. The molecule has 0 spiro atoms. The Morgan fingerprint density at radius 3 is 2.57 bits per heavy atom. The molecule has 0 aliphatic carbocycles. The topological polar surface area (TPSA) is 64.9 Å². The zero-order chi connectivity index (χ0) is 21.1. The Labute approximate surface area is 181 Å². The normalized spacial score (nSPS) is 11.6. The Hall–Kier alpha value is -2.92. The summed E-state index contributed by atoms with van der Waals surface area (Å²) in [5.41, 5.74) is 3.19. The Bertz CT molecular complexity index is 1160. The summed E-state index contributed by atoms with van der Waals surface area (Å²) in [5.74, 6) is 0.896. The molecule has 0 aliphatic rings. The molecule has 8 heteroatoms. The average Bonchev–Trinajstić information content (AvgIpc) is 3.18. The fraction of sp³-hybridized carbons (Fsp3) is 0.227. The summed E-state index contributed by atoms with van der Waals surface area (Å²) >= 11 is -0.636. The zero-order valence-electron chi connectivity index (χ0n) is 17.1. The summed E-state index contributed by atoms with van der Waals surface area (Å²) in [5, 5.41) is 3.96. The third kappa shape index (κ3) is 4.31. The molecule has 2 aromatic carbocycles. The van der Waals surface area contributed by atoms with Crippen LogP contribution in [0.2, 0.25) is 0 Å². The number of methoxy groups -OCH3 is 1. The zero-order valence-corrected chi connectivity index (χ0v) is 19.2. The first kappa shape index (κ1) is 20.4. The van der Waals surface area contributed by atoms with E-state index in [2.05, 4.69) is 41.3 Å². The van der Waals surface area contributed by atoms with Crippen molar-refractivity contribution in [2.24, 2.45) is 0 Å². The van der Waals surface area contributed by atoms with E-state index in [0.717, 1.165) is 26.6 Å². The predicted molar refractivity (Wildman–Crippen MR) is 119 cm³/mol. The second-order valence-electron chi connectivity index (χ2n) is 7.12. The van der Waals surface area contributed by atoms with Crippen molar-refractivity contribution in [2.75, 3.05) is 12.4 Å². The van der Waals surface area contributed by atoms with Crippen LogP contribution in [-0.2, 0) is 5.21 Å². The van der Waals surface area contributed by atoms with Crippen molar-refractivity contribution in [1.29, 1.82) is 0 Å². The van der Waals surface area contributed by atoms with Crippen LogP contribution >= 0.6 is 0 Å². The number of aromatic nitrogens is 4. The first-order valence-corrected chi connectivity index (χ1v) is 12.2. The second kappa shape index (κ2) is 8.84. The predicted octanol–water partition coefficient (Wildman–Crippen LogP) is 3.56. The van der Waals surface area contributed by atoms with E-state index in [1.165, 1.54) is 11.6 Å². The molecule has 2 heterocycles. The first-order chi connectivity index (χ1) is 14.5. The minimum absolute atomic E-state index is 0.209. The van der Waals surface area contributed by atoms with Gasteiger partial charge < -0.3 is 0 Å². The van der Waals surface area contributed by atoms with Gasteiger partial charge in [0, 0.05) is 0 Å². The number of nitrogens with zero attached hydrogens (tertiary/aromatic N) is 4. The summed E-state index contributed by atoms with van der Waals surface area (Å²) in [6.07, 6.45) is 1.81. The van der Waals surface area contributed by atoms with Gasteiger partial charge in [-0.2, -0.15) is 0 Å². The summed E-state index contributed by atoms with van der Waals surface area (Å²) < 4.78 is 22.3. The molecule has 0 saturated carbocycles. The maximum atomic E-state index is 14.1. The van der Waals surface area contributed by atoms with E-state index in [4.69, 9.17) is 9.72 Å². The monoisotopic (exact) mass is 467 g/mol. The molecule has 4 rings (SSSR count). The van der Waals surface area contributed by atoms with Gasteiger partial charge in [0.05, 0.1) is 0 Å². The SMILES string of the molecule is COc1ccc(C[AsH]c2nc(Nc3ccccc3F)nc3c2ncn3C(C)C)cc1. The van der Waals surface area contributed by atoms with E-state index in [1.807, 2.05) is 16.7 Å². The van der Waals surface area contributed by atoms with Crippen LogP contribution < -0.4 is 14.5 Å². The van der Waals surface area contributed by atoms with Gasteiger partial charge in [0.1, 0.15) is 0 Å². The second-order valence-corrected chi connectivity index (χ2v) is 9.60. The van der Waals surface area contributed by atoms with Gasteiger partial charge in [-0.15, -0.1) is 0 Å². The fourth-order valence-electron chi connectivity index (χ4n) is 3.09. The van der Waals surface area contributed by atoms with Crippen molar-refractivity contribution in [3.63, 3.8) is 0 Å². The molecule has 1 unspecified atom stereocenters. The van der Waals surface area contributed by atoms with Gasteiger partial charge in [0.2, 0.25) is 0 Å². The van der Waals surface area contributed by atoms with E-state index < -0.39 is 15.8 Å². The Morgan fingerprint density at radius 2 is 1.87 bits per heavy atom. The van der Waals surface area contributed by atoms with Crippen LogP contribution in [0, 0.1) is 5.82 Å². The molecule has 1 atom stereocenters. The summed E-state index contributed by atoms with van der Waals surface area (Å²) in [4.78, 5) is 14.0. The summed E-state index contributed by atoms with van der Waals surface area (Å²) in [7, 11) is 1.66. The molecule has 2 aromatic heterocycles.